The number of quaternary nitrogens is 1. The van der Waals surface area contributed by atoms with Gasteiger partial charge in [0.2, 0.25) is 0 Å². The molecule has 0 heterocycles. The Morgan fingerprint density at radius 2 is 1.27 bits per heavy atom. The zero-order valence-corrected chi connectivity index (χ0v) is 20.1. The second-order valence-electron chi connectivity index (χ2n) is 9.81. The molecule has 0 saturated carbocycles. The van der Waals surface area contributed by atoms with Gasteiger partial charge in [-0.2, -0.15) is 0 Å². The number of hydrogen-bond acceptors (Lipinski definition) is 3. The standard InChI is InChI=1S/C25H47NO4/c1-5-6-7-8-9-10-11-12-13-14-15-16-17-18-19-20-23(27)25(30,21-24(28)29)22-26(2,3)4/h12-13,30H,5-11,14-22H2,1-4H3/p+1/b13-12-. The van der Waals surface area contributed by atoms with Gasteiger partial charge in [0.05, 0.1) is 27.6 Å². The number of ketones is 1. The highest BCUT2D eigenvalue weighted by molar-refractivity contribution is 5.90. The smallest absolute Gasteiger partial charge is 0.306 e. The lowest BCUT2D eigenvalue weighted by molar-refractivity contribution is -0.875. The molecule has 0 aromatic rings. The number of Topliss-reactive ketones (excluding diaryl/α,β-unsaturated/α-hetero) is 1. The van der Waals surface area contributed by atoms with E-state index in [4.69, 9.17) is 5.11 Å². The number of rotatable bonds is 20. The van der Waals surface area contributed by atoms with Crippen molar-refractivity contribution >= 4 is 11.8 Å². The lowest BCUT2D eigenvalue weighted by Gasteiger charge is -2.33. The second-order valence-corrected chi connectivity index (χ2v) is 9.81. The molecule has 0 aromatic carbocycles. The van der Waals surface area contributed by atoms with Gasteiger partial charge in [0.15, 0.2) is 11.4 Å². The molecule has 2 N–H and O–H groups in total. The van der Waals surface area contributed by atoms with Crippen molar-refractivity contribution in [1.29, 1.82) is 0 Å². The van der Waals surface area contributed by atoms with Gasteiger partial charge in [-0.1, -0.05) is 70.4 Å². The van der Waals surface area contributed by atoms with Crippen molar-refractivity contribution in [1.82, 2.24) is 0 Å². The van der Waals surface area contributed by atoms with Crippen molar-refractivity contribution in [3.8, 4) is 0 Å². The number of carboxylic acids is 1. The number of hydrogen-bond donors (Lipinski definition) is 2. The number of carbonyl (C=O) groups excluding carboxylic acids is 1. The molecular weight excluding hydrogens is 378 g/mol. The van der Waals surface area contributed by atoms with Crippen molar-refractivity contribution in [2.24, 2.45) is 0 Å². The van der Waals surface area contributed by atoms with Crippen molar-refractivity contribution < 1.29 is 24.3 Å². The first-order valence-electron chi connectivity index (χ1n) is 12.0. The number of allylic oxidation sites excluding steroid dienone is 2. The number of nitrogens with zero attached hydrogens (tertiary/aromatic N) is 1. The molecule has 0 aliphatic carbocycles. The van der Waals surface area contributed by atoms with Gasteiger partial charge in [-0.05, 0) is 32.1 Å². The van der Waals surface area contributed by atoms with Gasteiger partial charge in [0, 0.05) is 6.42 Å². The molecule has 0 aliphatic heterocycles. The van der Waals surface area contributed by atoms with Crippen LogP contribution in [0.2, 0.25) is 0 Å². The maximum atomic E-state index is 12.5. The van der Waals surface area contributed by atoms with Gasteiger partial charge in [-0.3, -0.25) is 9.59 Å². The SMILES string of the molecule is CCCCCCCC/C=C\CCCCCCCC(=O)C(O)(CC(=O)O)C[N+](C)(C)C. The van der Waals surface area contributed by atoms with Gasteiger partial charge in [0.1, 0.15) is 6.54 Å². The summed E-state index contributed by atoms with van der Waals surface area (Å²) in [7, 11) is 5.55. The van der Waals surface area contributed by atoms with Crippen LogP contribution in [0.5, 0.6) is 0 Å². The summed E-state index contributed by atoms with van der Waals surface area (Å²) in [6.07, 6.45) is 19.8. The third kappa shape index (κ3) is 16.6. The average molecular weight is 427 g/mol. The molecule has 0 aromatic heterocycles. The maximum absolute atomic E-state index is 12.5. The fourth-order valence-corrected chi connectivity index (χ4v) is 3.87. The van der Waals surface area contributed by atoms with Gasteiger partial charge < -0.3 is 14.7 Å². The quantitative estimate of drug-likeness (QED) is 0.153. The molecule has 0 fully saturated rings. The van der Waals surface area contributed by atoms with Crippen molar-refractivity contribution in [2.45, 2.75) is 109 Å². The van der Waals surface area contributed by atoms with Crippen LogP contribution in [0.1, 0.15) is 103 Å². The molecule has 176 valence electrons. The molecule has 30 heavy (non-hydrogen) atoms. The summed E-state index contributed by atoms with van der Waals surface area (Å²) in [5.41, 5.74) is -1.77. The number of unbranched alkanes of at least 4 members (excludes halogenated alkanes) is 11. The molecule has 0 saturated heterocycles. The van der Waals surface area contributed by atoms with Gasteiger partial charge in [-0.25, -0.2) is 0 Å². The van der Waals surface area contributed by atoms with E-state index in [1.807, 2.05) is 21.1 Å². The normalized spacial score (nSPS) is 14.2. The lowest BCUT2D eigenvalue weighted by Crippen LogP contribution is -2.54. The molecule has 0 radical (unpaired) electrons. The molecule has 5 nitrogen and oxygen atoms in total. The minimum Gasteiger partial charge on any atom is -0.481 e. The minimum absolute atomic E-state index is 0.114. The summed E-state index contributed by atoms with van der Waals surface area (Å²) >= 11 is 0. The van der Waals surface area contributed by atoms with Crippen LogP contribution in [0.3, 0.4) is 0 Å². The molecule has 0 aliphatic rings. The van der Waals surface area contributed by atoms with Crippen LogP contribution in [-0.4, -0.2) is 59.7 Å². The highest BCUT2D eigenvalue weighted by Crippen LogP contribution is 2.20. The Labute approximate surface area is 185 Å². The van der Waals surface area contributed by atoms with E-state index in [9.17, 15) is 14.7 Å². The summed E-state index contributed by atoms with van der Waals surface area (Å²) in [6, 6.07) is 0. The Kier molecular flexibility index (Phi) is 15.8. The fourth-order valence-electron chi connectivity index (χ4n) is 3.87. The number of carbonyl (C=O) groups is 2. The summed E-state index contributed by atoms with van der Waals surface area (Å²) in [6.45, 7) is 2.36. The third-order valence-corrected chi connectivity index (χ3v) is 5.36. The Morgan fingerprint density at radius 1 is 0.800 bits per heavy atom. The highest BCUT2D eigenvalue weighted by Gasteiger charge is 2.42. The van der Waals surface area contributed by atoms with Gasteiger partial charge in [-0.15, -0.1) is 0 Å². The summed E-state index contributed by atoms with van der Waals surface area (Å²) in [4.78, 5) is 23.6. The van der Waals surface area contributed by atoms with Crippen LogP contribution in [-0.2, 0) is 9.59 Å². The monoisotopic (exact) mass is 426 g/mol. The van der Waals surface area contributed by atoms with Crippen molar-refractivity contribution in [3.63, 3.8) is 0 Å². The van der Waals surface area contributed by atoms with Crippen molar-refractivity contribution in [2.75, 3.05) is 27.7 Å². The predicted molar refractivity (Wildman–Crippen MR) is 125 cm³/mol. The number of aliphatic carboxylic acids is 1. The zero-order chi connectivity index (χ0) is 22.9. The van der Waals surface area contributed by atoms with Crippen LogP contribution in [0.4, 0.5) is 0 Å². The zero-order valence-electron chi connectivity index (χ0n) is 20.1. The minimum atomic E-state index is -1.77. The van der Waals surface area contributed by atoms with E-state index in [1.165, 1.54) is 51.4 Å². The third-order valence-electron chi connectivity index (χ3n) is 5.36. The van der Waals surface area contributed by atoms with E-state index in [0.717, 1.165) is 25.7 Å². The van der Waals surface area contributed by atoms with Crippen LogP contribution in [0.25, 0.3) is 0 Å². The molecule has 0 spiro atoms. The first-order chi connectivity index (χ1) is 14.1. The van der Waals surface area contributed by atoms with Crippen LogP contribution in [0.15, 0.2) is 12.2 Å². The summed E-state index contributed by atoms with van der Waals surface area (Å²) in [5.74, 6) is -1.47. The largest absolute Gasteiger partial charge is 0.481 e. The Bertz CT molecular complexity index is 496. The van der Waals surface area contributed by atoms with E-state index < -0.39 is 18.0 Å². The molecule has 5 heteroatoms. The summed E-state index contributed by atoms with van der Waals surface area (Å²) < 4.78 is 0.349. The van der Waals surface area contributed by atoms with E-state index >= 15 is 0 Å². The van der Waals surface area contributed by atoms with Crippen molar-refractivity contribution in [3.05, 3.63) is 12.2 Å². The average Bonchev–Trinajstić information content (AvgIpc) is 2.62. The van der Waals surface area contributed by atoms with E-state index in [1.54, 1.807) is 0 Å². The predicted octanol–water partition coefficient (Wildman–Crippen LogP) is 5.51. The van der Waals surface area contributed by atoms with Crippen LogP contribution < -0.4 is 0 Å². The fraction of sp³-hybridized carbons (Fsp3) is 0.840. The molecule has 0 bridgehead atoms. The van der Waals surface area contributed by atoms with Gasteiger partial charge >= 0.3 is 5.97 Å². The van der Waals surface area contributed by atoms with Crippen LogP contribution >= 0.6 is 0 Å². The molecule has 1 unspecified atom stereocenters. The topological polar surface area (TPSA) is 74.6 Å². The first kappa shape index (κ1) is 28.8. The second kappa shape index (κ2) is 16.5. The van der Waals surface area contributed by atoms with E-state index in [-0.39, 0.29) is 18.7 Å². The van der Waals surface area contributed by atoms with Gasteiger partial charge in [0.25, 0.3) is 0 Å². The van der Waals surface area contributed by atoms with Crippen LogP contribution in [0, 0.1) is 0 Å². The molecule has 0 rings (SSSR count). The van der Waals surface area contributed by atoms with E-state index in [2.05, 4.69) is 19.1 Å². The maximum Gasteiger partial charge on any atom is 0.306 e. The molecule has 1 atom stereocenters. The summed E-state index contributed by atoms with van der Waals surface area (Å²) in [5, 5.41) is 19.7. The lowest BCUT2D eigenvalue weighted by atomic mass is 9.89. The number of likely N-dealkylation sites (N-methyl/N-ethyl adjacent to an activating group) is 1. The Morgan fingerprint density at radius 3 is 1.73 bits per heavy atom. The molecular formula is C25H48NO4+. The van der Waals surface area contributed by atoms with E-state index in [0.29, 0.717) is 10.9 Å². The number of aliphatic hydroxyl groups is 1. The Hall–Kier alpha value is -1.20. The first-order valence-corrected chi connectivity index (χ1v) is 12.0. The molecule has 0 amide bonds. The Balaban J connectivity index is 3.84. The number of carboxylic acid groups (broad SMARTS) is 1. The highest BCUT2D eigenvalue weighted by atomic mass is 16.4.